The van der Waals surface area contributed by atoms with Gasteiger partial charge in [-0.05, 0) is 31.0 Å². The van der Waals surface area contributed by atoms with Crippen molar-refractivity contribution in [3.63, 3.8) is 0 Å². The van der Waals surface area contributed by atoms with Crippen molar-refractivity contribution >= 4 is 0 Å². The molecule has 24 heavy (non-hydrogen) atoms. The van der Waals surface area contributed by atoms with Crippen LogP contribution in [0, 0.1) is 6.92 Å². The first kappa shape index (κ1) is 16.0. The van der Waals surface area contributed by atoms with Crippen molar-refractivity contribution in [1.29, 1.82) is 0 Å². The number of aliphatic hydroxyl groups is 1. The summed E-state index contributed by atoms with van der Waals surface area (Å²) < 4.78 is 5.66. The predicted molar refractivity (Wildman–Crippen MR) is 88.6 cm³/mol. The van der Waals surface area contributed by atoms with Crippen LogP contribution < -0.4 is 4.74 Å². The van der Waals surface area contributed by atoms with Gasteiger partial charge in [0, 0.05) is 30.2 Å². The highest BCUT2D eigenvalue weighted by Crippen LogP contribution is 2.31. The molecule has 3 heterocycles. The second kappa shape index (κ2) is 6.72. The molecule has 1 unspecified atom stereocenters. The minimum Gasteiger partial charge on any atom is -0.437 e. The lowest BCUT2D eigenvalue weighted by Crippen LogP contribution is -2.27. The molecule has 0 fully saturated rings. The van der Waals surface area contributed by atoms with Crippen molar-refractivity contribution in [1.82, 2.24) is 19.9 Å². The maximum atomic E-state index is 11.0. The lowest BCUT2D eigenvalue weighted by molar-refractivity contribution is 0.0711. The van der Waals surface area contributed by atoms with Crippen LogP contribution in [0.3, 0.4) is 0 Å². The molecule has 3 aromatic rings. The van der Waals surface area contributed by atoms with Crippen LogP contribution in [-0.2, 0) is 5.60 Å². The summed E-state index contributed by atoms with van der Waals surface area (Å²) in [5, 5.41) is 11.0. The molecule has 0 bridgehead atoms. The molecule has 122 valence electrons. The third-order valence-corrected chi connectivity index (χ3v) is 3.82. The van der Waals surface area contributed by atoms with E-state index in [1.54, 1.807) is 43.0 Å². The van der Waals surface area contributed by atoms with Gasteiger partial charge in [0.05, 0.1) is 11.9 Å². The van der Waals surface area contributed by atoms with Gasteiger partial charge in [0.1, 0.15) is 17.7 Å². The molecule has 3 rings (SSSR count). The van der Waals surface area contributed by atoms with Gasteiger partial charge in [-0.3, -0.25) is 4.98 Å². The van der Waals surface area contributed by atoms with Gasteiger partial charge in [-0.25, -0.2) is 15.0 Å². The fourth-order valence-corrected chi connectivity index (χ4v) is 2.37. The zero-order chi connectivity index (χ0) is 17.0. The van der Waals surface area contributed by atoms with E-state index in [0.29, 0.717) is 29.3 Å². The summed E-state index contributed by atoms with van der Waals surface area (Å²) >= 11 is 0. The second-order valence-electron chi connectivity index (χ2n) is 5.50. The van der Waals surface area contributed by atoms with Gasteiger partial charge >= 0.3 is 0 Å². The first-order chi connectivity index (χ1) is 11.6. The Kier molecular flexibility index (Phi) is 4.48. The van der Waals surface area contributed by atoms with Gasteiger partial charge < -0.3 is 9.84 Å². The fourth-order valence-electron chi connectivity index (χ4n) is 2.37. The molecule has 0 aliphatic heterocycles. The smallest absolute Gasteiger partial charge is 0.219 e. The molecule has 0 aliphatic rings. The Morgan fingerprint density at radius 2 is 1.79 bits per heavy atom. The molecule has 0 saturated heterocycles. The molecular weight excluding hydrogens is 304 g/mol. The zero-order valence-electron chi connectivity index (χ0n) is 13.5. The summed E-state index contributed by atoms with van der Waals surface area (Å²) in [6, 6.07) is 7.22. The number of pyridine rings is 2. The van der Waals surface area contributed by atoms with Crippen LogP contribution in [0.25, 0.3) is 0 Å². The van der Waals surface area contributed by atoms with Gasteiger partial charge in [0.25, 0.3) is 0 Å². The van der Waals surface area contributed by atoms with Crippen molar-refractivity contribution in [3.8, 4) is 11.6 Å². The third-order valence-electron chi connectivity index (χ3n) is 3.82. The van der Waals surface area contributed by atoms with Gasteiger partial charge in [0.15, 0.2) is 0 Å². The molecule has 0 aliphatic carbocycles. The normalized spacial score (nSPS) is 13.3. The van der Waals surface area contributed by atoms with E-state index in [2.05, 4.69) is 19.9 Å². The van der Waals surface area contributed by atoms with Crippen molar-refractivity contribution in [2.24, 2.45) is 0 Å². The Balaban J connectivity index is 1.84. The lowest BCUT2D eigenvalue weighted by atomic mass is 9.89. The number of nitrogens with zero attached hydrogens (tertiary/aromatic N) is 4. The number of aromatic nitrogens is 4. The molecule has 0 aromatic carbocycles. The lowest BCUT2D eigenvalue weighted by Gasteiger charge is -2.26. The maximum absolute atomic E-state index is 11.0. The average Bonchev–Trinajstić information content (AvgIpc) is 2.64. The molecule has 0 amide bonds. The molecule has 3 aromatic heterocycles. The molecule has 6 nitrogen and oxygen atoms in total. The van der Waals surface area contributed by atoms with Crippen molar-refractivity contribution in [2.45, 2.75) is 25.9 Å². The van der Waals surface area contributed by atoms with E-state index in [1.165, 1.54) is 6.33 Å². The number of hydrogen-bond acceptors (Lipinski definition) is 6. The van der Waals surface area contributed by atoms with Crippen LogP contribution >= 0.6 is 0 Å². The number of hydrogen-bond donors (Lipinski definition) is 1. The molecule has 1 atom stereocenters. The van der Waals surface area contributed by atoms with Crippen LogP contribution in [0.15, 0.2) is 55.4 Å². The first-order valence-electron chi connectivity index (χ1n) is 7.66. The summed E-state index contributed by atoms with van der Waals surface area (Å²) in [5.74, 6) is 1.05. The van der Waals surface area contributed by atoms with Crippen LogP contribution in [0.2, 0.25) is 0 Å². The number of ether oxygens (including phenoxy) is 1. The molecule has 0 saturated carbocycles. The Labute approximate surface area is 140 Å². The van der Waals surface area contributed by atoms with Crippen LogP contribution in [0.5, 0.6) is 11.6 Å². The minimum atomic E-state index is -1.23. The van der Waals surface area contributed by atoms with Crippen molar-refractivity contribution < 1.29 is 9.84 Å². The zero-order valence-corrected chi connectivity index (χ0v) is 13.5. The summed E-state index contributed by atoms with van der Waals surface area (Å²) in [7, 11) is 0. The van der Waals surface area contributed by atoms with Gasteiger partial charge in [-0.2, -0.15) is 0 Å². The first-order valence-corrected chi connectivity index (χ1v) is 7.66. The highest BCUT2D eigenvalue weighted by molar-refractivity contribution is 5.32. The summed E-state index contributed by atoms with van der Waals surface area (Å²) in [6.07, 6.45) is 8.38. The van der Waals surface area contributed by atoms with Crippen molar-refractivity contribution in [3.05, 3.63) is 72.2 Å². The van der Waals surface area contributed by atoms with E-state index < -0.39 is 5.60 Å². The molecule has 0 radical (unpaired) electrons. The summed E-state index contributed by atoms with van der Waals surface area (Å²) in [5.41, 5.74) is 0.953. The van der Waals surface area contributed by atoms with Crippen LogP contribution in [-0.4, -0.2) is 25.0 Å². The second-order valence-corrected chi connectivity index (χ2v) is 5.50. The standard InChI is InChI=1S/C18H18N4O2/c1-3-18(23,14-9-19-12-20-10-14)16-6-5-15(11-21-16)24-17-7-4-13(2)8-22-17/h4-12,23H,3H2,1-2H3. The van der Waals surface area contributed by atoms with E-state index >= 15 is 0 Å². The monoisotopic (exact) mass is 322 g/mol. The SMILES string of the molecule is CCC(O)(c1cncnc1)c1ccc(Oc2ccc(C)cn2)cn1. The highest BCUT2D eigenvalue weighted by Gasteiger charge is 2.31. The largest absolute Gasteiger partial charge is 0.437 e. The van der Waals surface area contributed by atoms with E-state index in [-0.39, 0.29) is 0 Å². The quantitative estimate of drug-likeness (QED) is 0.777. The Morgan fingerprint density at radius 1 is 1.00 bits per heavy atom. The molecule has 6 heteroatoms. The molecule has 1 N–H and O–H groups in total. The number of rotatable bonds is 5. The third kappa shape index (κ3) is 3.23. The summed E-state index contributed by atoms with van der Waals surface area (Å²) in [6.45, 7) is 3.85. The van der Waals surface area contributed by atoms with E-state index in [9.17, 15) is 5.11 Å². The fraction of sp³-hybridized carbons (Fsp3) is 0.222. The Bertz CT molecular complexity index is 792. The Morgan fingerprint density at radius 3 is 2.38 bits per heavy atom. The van der Waals surface area contributed by atoms with E-state index in [4.69, 9.17) is 4.74 Å². The predicted octanol–water partition coefficient (Wildman–Crippen LogP) is 3.01. The van der Waals surface area contributed by atoms with E-state index in [1.807, 2.05) is 19.9 Å². The van der Waals surface area contributed by atoms with Crippen LogP contribution in [0.4, 0.5) is 0 Å². The topological polar surface area (TPSA) is 81.0 Å². The Hall–Kier alpha value is -2.86. The van der Waals surface area contributed by atoms with Gasteiger partial charge in [-0.15, -0.1) is 0 Å². The average molecular weight is 322 g/mol. The van der Waals surface area contributed by atoms with Crippen LogP contribution in [0.1, 0.15) is 30.2 Å². The molecule has 0 spiro atoms. The number of aryl methyl sites for hydroxylation is 1. The van der Waals surface area contributed by atoms with Crippen molar-refractivity contribution in [2.75, 3.05) is 0 Å². The minimum absolute atomic E-state index is 0.451. The van der Waals surface area contributed by atoms with Gasteiger partial charge in [-0.1, -0.05) is 13.0 Å². The summed E-state index contributed by atoms with van der Waals surface area (Å²) in [4.78, 5) is 16.5. The maximum Gasteiger partial charge on any atom is 0.219 e. The highest BCUT2D eigenvalue weighted by atomic mass is 16.5. The van der Waals surface area contributed by atoms with E-state index in [0.717, 1.165) is 5.56 Å². The molecular formula is C18H18N4O2. The van der Waals surface area contributed by atoms with Gasteiger partial charge in [0.2, 0.25) is 5.88 Å².